The minimum absolute atomic E-state index is 0.108. The summed E-state index contributed by atoms with van der Waals surface area (Å²) in [6, 6.07) is 3.82. The fourth-order valence-electron chi connectivity index (χ4n) is 0.965. The van der Waals surface area contributed by atoms with E-state index in [0.717, 1.165) is 5.56 Å². The van der Waals surface area contributed by atoms with E-state index in [2.05, 4.69) is 4.98 Å². The van der Waals surface area contributed by atoms with Crippen molar-refractivity contribution in [1.82, 2.24) is 4.98 Å². The van der Waals surface area contributed by atoms with Crippen molar-refractivity contribution in [1.29, 1.82) is 0 Å². The third kappa shape index (κ3) is 3.30. The number of pyridine rings is 1. The van der Waals surface area contributed by atoms with Gasteiger partial charge in [0.2, 0.25) is 0 Å². The maximum Gasteiger partial charge on any atom is 0.0772 e. The van der Waals surface area contributed by atoms with Gasteiger partial charge in [-0.25, -0.2) is 0 Å². The first kappa shape index (κ1) is 10.9. The average Bonchev–Trinajstić information content (AvgIpc) is 2.14. The Morgan fingerprint density at radius 1 is 1.29 bits per heavy atom. The van der Waals surface area contributed by atoms with E-state index in [9.17, 15) is 5.11 Å². The van der Waals surface area contributed by atoms with Crippen LogP contribution in [0.4, 0.5) is 0 Å². The highest BCUT2D eigenvalue weighted by Crippen LogP contribution is 2.20. The van der Waals surface area contributed by atoms with Crippen LogP contribution in [0.2, 0.25) is 0 Å². The lowest BCUT2D eigenvalue weighted by Gasteiger charge is -2.22. The van der Waals surface area contributed by atoms with Crippen LogP contribution < -0.4 is 0 Å². The molecule has 1 unspecified atom stereocenters. The van der Waals surface area contributed by atoms with Gasteiger partial charge >= 0.3 is 0 Å². The van der Waals surface area contributed by atoms with E-state index >= 15 is 0 Å². The van der Waals surface area contributed by atoms with Crippen LogP contribution in [0, 0.1) is 5.41 Å². The van der Waals surface area contributed by atoms with Gasteiger partial charge in [0, 0.05) is 12.4 Å². The summed E-state index contributed by atoms with van der Waals surface area (Å²) >= 11 is 0. The highest BCUT2D eigenvalue weighted by Gasteiger charge is 2.18. The molecule has 2 nitrogen and oxygen atoms in total. The minimum atomic E-state index is -0.421. The maximum absolute atomic E-state index is 9.74. The third-order valence-corrected chi connectivity index (χ3v) is 2.06. The Morgan fingerprint density at radius 2 is 1.86 bits per heavy atom. The number of rotatable bonds is 2. The second kappa shape index (κ2) is 4.38. The number of hydrogen-bond donors (Lipinski definition) is 1. The minimum Gasteiger partial charge on any atom is -0.388 e. The standard InChI is InChI=1S/C12H17NO/c1-12(2,3)11(14)5-4-10-6-8-13-9-7-10/h4-9,11,14H,1-3H3/b5-4+. The topological polar surface area (TPSA) is 33.1 Å². The van der Waals surface area contributed by atoms with Crippen molar-refractivity contribution in [3.63, 3.8) is 0 Å². The van der Waals surface area contributed by atoms with E-state index in [-0.39, 0.29) is 5.41 Å². The lowest BCUT2D eigenvalue weighted by atomic mass is 9.89. The zero-order valence-corrected chi connectivity index (χ0v) is 8.94. The smallest absolute Gasteiger partial charge is 0.0772 e. The van der Waals surface area contributed by atoms with Gasteiger partial charge in [0.05, 0.1) is 6.10 Å². The van der Waals surface area contributed by atoms with Gasteiger partial charge in [0.25, 0.3) is 0 Å². The molecule has 1 atom stereocenters. The quantitative estimate of drug-likeness (QED) is 0.779. The van der Waals surface area contributed by atoms with Gasteiger partial charge in [0.1, 0.15) is 0 Å². The Labute approximate surface area is 85.3 Å². The van der Waals surface area contributed by atoms with Crippen molar-refractivity contribution in [2.24, 2.45) is 5.41 Å². The van der Waals surface area contributed by atoms with Gasteiger partial charge in [-0.2, -0.15) is 0 Å². The van der Waals surface area contributed by atoms with E-state index in [1.54, 1.807) is 12.4 Å². The lowest BCUT2D eigenvalue weighted by Crippen LogP contribution is -2.23. The van der Waals surface area contributed by atoms with Gasteiger partial charge < -0.3 is 5.11 Å². The van der Waals surface area contributed by atoms with Crippen molar-refractivity contribution in [2.75, 3.05) is 0 Å². The van der Waals surface area contributed by atoms with E-state index < -0.39 is 6.10 Å². The molecule has 14 heavy (non-hydrogen) atoms. The third-order valence-electron chi connectivity index (χ3n) is 2.06. The molecule has 0 aliphatic heterocycles. The van der Waals surface area contributed by atoms with Gasteiger partial charge in [-0.3, -0.25) is 4.98 Å². The van der Waals surface area contributed by atoms with Gasteiger partial charge in [-0.05, 0) is 23.1 Å². The number of nitrogens with zero attached hydrogens (tertiary/aromatic N) is 1. The molecule has 0 bridgehead atoms. The maximum atomic E-state index is 9.74. The lowest BCUT2D eigenvalue weighted by molar-refractivity contribution is 0.106. The Balaban J connectivity index is 2.66. The van der Waals surface area contributed by atoms with Crippen molar-refractivity contribution < 1.29 is 5.11 Å². The number of aliphatic hydroxyl groups is 1. The van der Waals surface area contributed by atoms with Gasteiger partial charge in [0.15, 0.2) is 0 Å². The SMILES string of the molecule is CC(C)(C)C(O)/C=C/c1ccncc1. The molecule has 0 spiro atoms. The van der Waals surface area contributed by atoms with Crippen LogP contribution >= 0.6 is 0 Å². The average molecular weight is 191 g/mol. The predicted octanol–water partition coefficient (Wildman–Crippen LogP) is 2.50. The summed E-state index contributed by atoms with van der Waals surface area (Å²) in [6.45, 7) is 6.03. The highest BCUT2D eigenvalue weighted by atomic mass is 16.3. The largest absolute Gasteiger partial charge is 0.388 e. The molecule has 2 heteroatoms. The van der Waals surface area contributed by atoms with Crippen LogP contribution in [0.25, 0.3) is 6.08 Å². The van der Waals surface area contributed by atoms with Crippen LogP contribution in [0.1, 0.15) is 26.3 Å². The molecule has 1 aromatic heterocycles. The summed E-state index contributed by atoms with van der Waals surface area (Å²) in [6.07, 6.45) is 6.79. The second-order valence-corrected chi connectivity index (χ2v) is 4.45. The normalized spacial score (nSPS) is 14.6. The van der Waals surface area contributed by atoms with E-state index in [1.807, 2.05) is 45.1 Å². The molecular weight excluding hydrogens is 174 g/mol. The first-order valence-corrected chi connectivity index (χ1v) is 4.76. The summed E-state index contributed by atoms with van der Waals surface area (Å²) < 4.78 is 0. The van der Waals surface area contributed by atoms with Gasteiger partial charge in [-0.15, -0.1) is 0 Å². The van der Waals surface area contributed by atoms with Crippen molar-refractivity contribution in [2.45, 2.75) is 26.9 Å². The summed E-state index contributed by atoms with van der Waals surface area (Å²) in [5.74, 6) is 0. The molecule has 1 aromatic rings. The second-order valence-electron chi connectivity index (χ2n) is 4.45. The van der Waals surface area contributed by atoms with Crippen molar-refractivity contribution in [3.05, 3.63) is 36.2 Å². The van der Waals surface area contributed by atoms with Gasteiger partial charge in [-0.1, -0.05) is 32.9 Å². The molecule has 0 radical (unpaired) electrons. The van der Waals surface area contributed by atoms with E-state index in [4.69, 9.17) is 0 Å². The van der Waals surface area contributed by atoms with E-state index in [1.165, 1.54) is 0 Å². The monoisotopic (exact) mass is 191 g/mol. The summed E-state index contributed by atoms with van der Waals surface area (Å²) in [7, 11) is 0. The van der Waals surface area contributed by atoms with Crippen LogP contribution in [-0.2, 0) is 0 Å². The van der Waals surface area contributed by atoms with Crippen LogP contribution in [-0.4, -0.2) is 16.2 Å². The first-order chi connectivity index (χ1) is 6.50. The Kier molecular flexibility index (Phi) is 3.42. The molecular formula is C12H17NO. The summed E-state index contributed by atoms with van der Waals surface area (Å²) in [5, 5.41) is 9.74. The Hall–Kier alpha value is -1.15. The van der Waals surface area contributed by atoms with E-state index in [0.29, 0.717) is 0 Å². The van der Waals surface area contributed by atoms with Crippen LogP contribution in [0.5, 0.6) is 0 Å². The molecule has 1 rings (SSSR count). The molecule has 0 saturated carbocycles. The zero-order chi connectivity index (χ0) is 10.6. The van der Waals surface area contributed by atoms with Crippen molar-refractivity contribution >= 4 is 6.08 Å². The fourth-order valence-corrected chi connectivity index (χ4v) is 0.965. The molecule has 1 N–H and O–H groups in total. The Morgan fingerprint density at radius 3 is 2.36 bits per heavy atom. The molecule has 76 valence electrons. The predicted molar refractivity (Wildman–Crippen MR) is 58.7 cm³/mol. The molecule has 0 aliphatic carbocycles. The van der Waals surface area contributed by atoms with Crippen LogP contribution in [0.3, 0.4) is 0 Å². The van der Waals surface area contributed by atoms with Crippen LogP contribution in [0.15, 0.2) is 30.6 Å². The molecule has 0 amide bonds. The van der Waals surface area contributed by atoms with Crippen molar-refractivity contribution in [3.8, 4) is 0 Å². The highest BCUT2D eigenvalue weighted by molar-refractivity contribution is 5.48. The molecule has 0 aromatic carbocycles. The fraction of sp³-hybridized carbons (Fsp3) is 0.417. The zero-order valence-electron chi connectivity index (χ0n) is 8.94. The molecule has 1 heterocycles. The number of hydrogen-bond acceptors (Lipinski definition) is 2. The number of aromatic nitrogens is 1. The molecule has 0 fully saturated rings. The number of aliphatic hydroxyl groups excluding tert-OH is 1. The molecule has 0 saturated heterocycles. The Bertz CT molecular complexity index is 298. The molecule has 0 aliphatic rings. The summed E-state index contributed by atoms with van der Waals surface area (Å²) in [4.78, 5) is 3.92. The first-order valence-electron chi connectivity index (χ1n) is 4.76. The summed E-state index contributed by atoms with van der Waals surface area (Å²) in [5.41, 5.74) is 0.951.